The van der Waals surface area contributed by atoms with E-state index in [1.54, 1.807) is 14.2 Å². The molecule has 0 unspecified atom stereocenters. The van der Waals surface area contributed by atoms with Gasteiger partial charge < -0.3 is 18.9 Å². The molecule has 0 spiro atoms. The smallest absolute Gasteiger partial charge is 0.218 e. The number of aliphatic imine (C=N–C) groups is 1. The zero-order valence-corrected chi connectivity index (χ0v) is 22.4. The molecule has 0 bridgehead atoms. The van der Waals surface area contributed by atoms with Crippen molar-refractivity contribution < 1.29 is 23.2 Å². The van der Waals surface area contributed by atoms with Gasteiger partial charge in [0.2, 0.25) is 11.6 Å². The van der Waals surface area contributed by atoms with Gasteiger partial charge in [0.15, 0.2) is 11.5 Å². The molecule has 7 heteroatoms. The lowest BCUT2D eigenvalue weighted by atomic mass is 10.1. The number of nitrogens with zero attached hydrogens (tertiary/aromatic N) is 1. The van der Waals surface area contributed by atoms with E-state index < -0.39 is 10.8 Å². The van der Waals surface area contributed by atoms with Gasteiger partial charge in [0.25, 0.3) is 0 Å². The largest absolute Gasteiger partial charge is 0.493 e. The third kappa shape index (κ3) is 5.43. The maximum Gasteiger partial charge on any atom is 0.218 e. The number of ether oxygens (including phenoxy) is 4. The number of aryl methyl sites for hydroxylation is 1. The van der Waals surface area contributed by atoms with Gasteiger partial charge in [0.1, 0.15) is 19.3 Å². The summed E-state index contributed by atoms with van der Waals surface area (Å²) in [6, 6.07) is 28.7. The van der Waals surface area contributed by atoms with Crippen LogP contribution >= 0.6 is 0 Å². The second-order valence-corrected chi connectivity index (χ2v) is 10.3. The molecule has 6 nitrogen and oxygen atoms in total. The topological polar surface area (TPSA) is 66.4 Å². The highest BCUT2D eigenvalue weighted by atomic mass is 32.2. The van der Waals surface area contributed by atoms with E-state index in [9.17, 15) is 4.21 Å². The number of hydrogen-bond donors (Lipinski definition) is 0. The minimum Gasteiger partial charge on any atom is -0.493 e. The van der Waals surface area contributed by atoms with E-state index in [0.29, 0.717) is 41.3 Å². The molecule has 1 heterocycles. The van der Waals surface area contributed by atoms with Crippen molar-refractivity contribution in [2.45, 2.75) is 29.4 Å². The summed E-state index contributed by atoms with van der Waals surface area (Å²) in [4.78, 5) is 6.26. The third-order valence-corrected chi connectivity index (χ3v) is 7.75. The Bertz CT molecular complexity index is 1440. The Morgan fingerprint density at radius 1 is 0.895 bits per heavy atom. The molecule has 5 rings (SSSR count). The molecule has 4 aromatic rings. The second-order valence-electron chi connectivity index (χ2n) is 8.87. The number of hydrogen-bond acceptors (Lipinski definition) is 6. The first-order valence-corrected chi connectivity index (χ1v) is 13.4. The lowest BCUT2D eigenvalue weighted by Gasteiger charge is -2.17. The Balaban J connectivity index is 1.42. The van der Waals surface area contributed by atoms with Crippen LogP contribution in [0.1, 0.15) is 28.3 Å². The van der Waals surface area contributed by atoms with Crippen LogP contribution in [-0.2, 0) is 22.1 Å². The molecule has 0 amide bonds. The highest BCUT2D eigenvalue weighted by Crippen LogP contribution is 2.42. The Morgan fingerprint density at radius 3 is 2.24 bits per heavy atom. The van der Waals surface area contributed by atoms with Crippen molar-refractivity contribution in [3.63, 3.8) is 0 Å². The third-order valence-electron chi connectivity index (χ3n) is 6.30. The Morgan fingerprint density at radius 2 is 1.55 bits per heavy atom. The summed E-state index contributed by atoms with van der Waals surface area (Å²) in [6.07, 6.45) is 0. The van der Waals surface area contributed by atoms with E-state index in [4.69, 9.17) is 23.9 Å². The van der Waals surface area contributed by atoms with Crippen molar-refractivity contribution in [2.75, 3.05) is 20.8 Å². The minimum absolute atomic E-state index is 0.281. The van der Waals surface area contributed by atoms with Gasteiger partial charge in [0, 0.05) is 4.90 Å². The highest BCUT2D eigenvalue weighted by molar-refractivity contribution is 7.85. The van der Waals surface area contributed by atoms with Crippen LogP contribution in [0.25, 0.3) is 0 Å². The highest BCUT2D eigenvalue weighted by Gasteiger charge is 2.27. The first-order valence-electron chi connectivity index (χ1n) is 12.3. The minimum atomic E-state index is -1.37. The second kappa shape index (κ2) is 11.5. The quantitative estimate of drug-likeness (QED) is 0.256. The Hall–Kier alpha value is -4.10. The fourth-order valence-electron chi connectivity index (χ4n) is 4.25. The molecule has 2 atom stereocenters. The summed E-state index contributed by atoms with van der Waals surface area (Å²) < 4.78 is 36.9. The van der Waals surface area contributed by atoms with Crippen LogP contribution in [0.2, 0.25) is 0 Å². The molecule has 194 valence electrons. The van der Waals surface area contributed by atoms with Crippen molar-refractivity contribution in [3.05, 3.63) is 113 Å². The van der Waals surface area contributed by atoms with Crippen LogP contribution in [0, 0.1) is 6.92 Å². The van der Waals surface area contributed by atoms with Crippen LogP contribution in [0.3, 0.4) is 0 Å². The molecule has 0 saturated heterocycles. The van der Waals surface area contributed by atoms with E-state index in [-0.39, 0.29) is 6.04 Å². The van der Waals surface area contributed by atoms with Gasteiger partial charge in [0.05, 0.1) is 35.5 Å². The van der Waals surface area contributed by atoms with E-state index in [1.165, 1.54) is 0 Å². The lowest BCUT2D eigenvalue weighted by Crippen LogP contribution is -2.07. The zero-order chi connectivity index (χ0) is 26.5. The van der Waals surface area contributed by atoms with Crippen molar-refractivity contribution in [1.29, 1.82) is 0 Å². The van der Waals surface area contributed by atoms with Crippen LogP contribution in [0.5, 0.6) is 17.2 Å². The normalized spacial score (nSPS) is 15.3. The lowest BCUT2D eigenvalue weighted by molar-refractivity contribution is 0.265. The van der Waals surface area contributed by atoms with Gasteiger partial charge in [-0.2, -0.15) is 0 Å². The molecule has 0 N–H and O–H groups in total. The summed E-state index contributed by atoms with van der Waals surface area (Å²) >= 11 is 0. The average molecular weight is 528 g/mol. The molecule has 4 aromatic carbocycles. The summed E-state index contributed by atoms with van der Waals surface area (Å²) in [6.45, 7) is 2.74. The monoisotopic (exact) mass is 527 g/mol. The summed E-state index contributed by atoms with van der Waals surface area (Å²) in [5.41, 5.74) is 3.75. The van der Waals surface area contributed by atoms with E-state index in [2.05, 4.69) is 0 Å². The zero-order valence-electron chi connectivity index (χ0n) is 21.5. The Labute approximate surface area is 225 Å². The molecule has 0 aromatic heterocycles. The number of methoxy groups -OCH3 is 2. The van der Waals surface area contributed by atoms with Crippen molar-refractivity contribution in [2.24, 2.45) is 4.99 Å². The van der Waals surface area contributed by atoms with E-state index in [0.717, 1.165) is 27.1 Å². The van der Waals surface area contributed by atoms with Crippen molar-refractivity contribution in [3.8, 4) is 17.2 Å². The maximum absolute atomic E-state index is 13.4. The van der Waals surface area contributed by atoms with Gasteiger partial charge in [-0.1, -0.05) is 60.2 Å². The van der Waals surface area contributed by atoms with Crippen LogP contribution in [0.15, 0.2) is 106 Å². The van der Waals surface area contributed by atoms with Gasteiger partial charge >= 0.3 is 0 Å². The molecule has 1 aliphatic rings. The number of benzene rings is 4. The van der Waals surface area contributed by atoms with Crippen molar-refractivity contribution in [1.82, 2.24) is 0 Å². The first-order chi connectivity index (χ1) is 18.6. The first kappa shape index (κ1) is 25.5. The van der Waals surface area contributed by atoms with Gasteiger partial charge in [-0.25, -0.2) is 9.20 Å². The van der Waals surface area contributed by atoms with E-state index >= 15 is 0 Å². The molecule has 0 saturated carbocycles. The van der Waals surface area contributed by atoms with Crippen LogP contribution in [-0.4, -0.2) is 30.9 Å². The van der Waals surface area contributed by atoms with Crippen LogP contribution < -0.4 is 14.2 Å². The molecule has 38 heavy (non-hydrogen) atoms. The summed E-state index contributed by atoms with van der Waals surface area (Å²) in [5, 5.41) is 0. The van der Waals surface area contributed by atoms with Gasteiger partial charge in [-0.05, 0) is 54.4 Å². The molecular weight excluding hydrogens is 498 g/mol. The van der Waals surface area contributed by atoms with Gasteiger partial charge in [-0.3, -0.25) is 0 Å². The molecular formula is C31H29NO5S. The summed E-state index contributed by atoms with van der Waals surface area (Å²) in [5.74, 6) is 2.11. The number of rotatable bonds is 9. The Kier molecular flexibility index (Phi) is 7.75. The average Bonchev–Trinajstić information content (AvgIpc) is 3.46. The summed E-state index contributed by atoms with van der Waals surface area (Å²) in [7, 11) is 1.84. The maximum atomic E-state index is 13.4. The van der Waals surface area contributed by atoms with Gasteiger partial charge in [-0.15, -0.1) is 0 Å². The SMILES string of the molecule is COc1cc([C@H]2COC(c3ccccc3[S@@](=O)c3ccc(C)cc3)=N2)cc(OC)c1OCc1ccccc1. The van der Waals surface area contributed by atoms with Crippen molar-refractivity contribution >= 4 is 16.7 Å². The fraction of sp³-hybridized carbons (Fsp3) is 0.194. The van der Waals surface area contributed by atoms with Crippen LogP contribution in [0.4, 0.5) is 0 Å². The fourth-order valence-corrected chi connectivity index (χ4v) is 5.44. The predicted octanol–water partition coefficient (Wildman–Crippen LogP) is 6.28. The predicted molar refractivity (Wildman–Crippen MR) is 148 cm³/mol. The van der Waals surface area contributed by atoms with E-state index in [1.807, 2.05) is 97.9 Å². The molecule has 0 aliphatic carbocycles. The molecule has 1 aliphatic heterocycles. The molecule has 0 radical (unpaired) electrons. The molecule has 0 fully saturated rings. The standard InChI is InChI=1S/C31H29NO5S/c1-21-13-15-24(16-14-21)38(33)29-12-8-7-11-25(29)31-32-26(20-37-31)23-17-27(34-2)30(28(18-23)35-3)36-19-22-9-5-4-6-10-22/h4-18,26H,19-20H2,1-3H3/t26-,38+/m1/s1.